The first-order valence-electron chi connectivity index (χ1n) is 7.88. The van der Waals surface area contributed by atoms with Crippen molar-refractivity contribution < 1.29 is 4.79 Å². The molecule has 24 heavy (non-hydrogen) atoms. The van der Waals surface area contributed by atoms with Crippen LogP contribution in [0.25, 0.3) is 22.3 Å². The Hall–Kier alpha value is -3.07. The first kappa shape index (κ1) is 15.8. The lowest BCUT2D eigenvalue weighted by Crippen LogP contribution is -2.27. The maximum Gasteiger partial charge on any atom is 0.321 e. The van der Waals surface area contributed by atoms with Gasteiger partial charge in [0.2, 0.25) is 0 Å². The molecule has 3 nitrogen and oxygen atoms in total. The molecule has 0 saturated carbocycles. The number of carbonyl (C=O) groups excluding carboxylic acids is 1. The van der Waals surface area contributed by atoms with Gasteiger partial charge in [0.15, 0.2) is 0 Å². The topological polar surface area (TPSA) is 32.3 Å². The average Bonchev–Trinajstić information content (AvgIpc) is 2.63. The van der Waals surface area contributed by atoms with E-state index in [4.69, 9.17) is 0 Å². The number of hydrogen-bond acceptors (Lipinski definition) is 1. The van der Waals surface area contributed by atoms with Crippen molar-refractivity contribution in [3.05, 3.63) is 78.9 Å². The van der Waals surface area contributed by atoms with Crippen molar-refractivity contribution in [3.63, 3.8) is 0 Å². The maximum atomic E-state index is 11.9. The van der Waals surface area contributed by atoms with Gasteiger partial charge in [0, 0.05) is 19.8 Å². The van der Waals surface area contributed by atoms with Crippen LogP contribution in [0.1, 0.15) is 0 Å². The average molecular weight is 316 g/mol. The molecule has 3 aromatic carbocycles. The lowest BCUT2D eigenvalue weighted by atomic mass is 9.94. The van der Waals surface area contributed by atoms with Gasteiger partial charge in [0.05, 0.1) is 0 Å². The van der Waals surface area contributed by atoms with Crippen molar-refractivity contribution in [3.8, 4) is 22.3 Å². The molecule has 0 atom stereocenters. The van der Waals surface area contributed by atoms with Crippen LogP contribution in [0.5, 0.6) is 0 Å². The van der Waals surface area contributed by atoms with Crippen LogP contribution in [0.15, 0.2) is 78.9 Å². The zero-order chi connectivity index (χ0) is 16.9. The van der Waals surface area contributed by atoms with E-state index in [1.54, 1.807) is 14.1 Å². The molecule has 0 saturated heterocycles. The molecular formula is C21H20N2O. The number of rotatable bonds is 3. The second-order valence-corrected chi connectivity index (χ2v) is 5.82. The first-order chi connectivity index (χ1) is 11.6. The van der Waals surface area contributed by atoms with Crippen molar-refractivity contribution in [2.24, 2.45) is 0 Å². The van der Waals surface area contributed by atoms with Gasteiger partial charge in [0.25, 0.3) is 0 Å². The molecule has 0 aliphatic carbocycles. The van der Waals surface area contributed by atoms with E-state index in [0.717, 1.165) is 27.9 Å². The molecule has 0 radical (unpaired) electrons. The summed E-state index contributed by atoms with van der Waals surface area (Å²) in [7, 11) is 3.46. The fourth-order valence-electron chi connectivity index (χ4n) is 2.58. The van der Waals surface area contributed by atoms with Gasteiger partial charge in [-0.1, -0.05) is 66.7 Å². The number of anilines is 1. The molecule has 0 spiro atoms. The van der Waals surface area contributed by atoms with Crippen LogP contribution in [-0.4, -0.2) is 25.0 Å². The molecule has 2 amide bonds. The summed E-state index contributed by atoms with van der Waals surface area (Å²) in [6.45, 7) is 0. The van der Waals surface area contributed by atoms with Gasteiger partial charge in [-0.15, -0.1) is 0 Å². The molecule has 0 aliphatic heterocycles. The quantitative estimate of drug-likeness (QED) is 0.715. The minimum atomic E-state index is -0.138. The Morgan fingerprint density at radius 1 is 0.750 bits per heavy atom. The second-order valence-electron chi connectivity index (χ2n) is 5.82. The Kier molecular flexibility index (Phi) is 4.62. The van der Waals surface area contributed by atoms with Crippen LogP contribution in [0.3, 0.4) is 0 Å². The van der Waals surface area contributed by atoms with E-state index < -0.39 is 0 Å². The van der Waals surface area contributed by atoms with Crippen LogP contribution in [0.2, 0.25) is 0 Å². The molecule has 3 rings (SSSR count). The predicted molar refractivity (Wildman–Crippen MR) is 100 cm³/mol. The Bertz CT molecular complexity index is 827. The van der Waals surface area contributed by atoms with Gasteiger partial charge in [-0.05, 0) is 34.4 Å². The monoisotopic (exact) mass is 316 g/mol. The standard InChI is InChI=1S/C21H20N2O/c1-23(2)21(24)22-18-13-14-19(16-9-5-3-6-10-16)20(15-18)17-11-7-4-8-12-17/h3-15H,1-2H3,(H,22,24). The summed E-state index contributed by atoms with van der Waals surface area (Å²) in [4.78, 5) is 13.5. The summed E-state index contributed by atoms with van der Waals surface area (Å²) in [5.41, 5.74) is 5.30. The molecule has 0 aliphatic rings. The smallest absolute Gasteiger partial charge is 0.321 e. The number of amides is 2. The number of carbonyl (C=O) groups is 1. The predicted octanol–water partition coefficient (Wildman–Crippen LogP) is 5.11. The maximum absolute atomic E-state index is 11.9. The van der Waals surface area contributed by atoms with E-state index >= 15 is 0 Å². The number of hydrogen-bond donors (Lipinski definition) is 1. The third kappa shape index (κ3) is 3.46. The Labute approximate surface area is 142 Å². The number of nitrogens with zero attached hydrogens (tertiary/aromatic N) is 1. The second kappa shape index (κ2) is 7.01. The normalized spacial score (nSPS) is 10.2. The van der Waals surface area contributed by atoms with Crippen molar-refractivity contribution in [2.45, 2.75) is 0 Å². The van der Waals surface area contributed by atoms with Crippen LogP contribution in [0, 0.1) is 0 Å². The molecule has 0 aromatic heterocycles. The van der Waals surface area contributed by atoms with E-state index in [0.29, 0.717) is 0 Å². The summed E-state index contributed by atoms with van der Waals surface area (Å²) in [6, 6.07) is 26.4. The van der Waals surface area contributed by atoms with Crippen LogP contribution in [0.4, 0.5) is 10.5 Å². The molecule has 0 unspecified atom stereocenters. The van der Waals surface area contributed by atoms with Crippen molar-refractivity contribution in [1.29, 1.82) is 0 Å². The number of urea groups is 1. The Morgan fingerprint density at radius 2 is 1.29 bits per heavy atom. The van der Waals surface area contributed by atoms with Gasteiger partial charge in [0.1, 0.15) is 0 Å². The molecule has 0 fully saturated rings. The fourth-order valence-corrected chi connectivity index (χ4v) is 2.58. The van der Waals surface area contributed by atoms with Crippen LogP contribution >= 0.6 is 0 Å². The van der Waals surface area contributed by atoms with Crippen LogP contribution < -0.4 is 5.32 Å². The summed E-state index contributed by atoms with van der Waals surface area (Å²) < 4.78 is 0. The third-order valence-electron chi connectivity index (χ3n) is 3.85. The number of benzene rings is 3. The fraction of sp³-hybridized carbons (Fsp3) is 0.0952. The van der Waals surface area contributed by atoms with Gasteiger partial charge < -0.3 is 10.2 Å². The van der Waals surface area contributed by atoms with Gasteiger partial charge in [-0.2, -0.15) is 0 Å². The third-order valence-corrected chi connectivity index (χ3v) is 3.85. The Balaban J connectivity index is 2.08. The molecular weight excluding hydrogens is 296 g/mol. The minimum absolute atomic E-state index is 0.138. The molecule has 120 valence electrons. The van der Waals surface area contributed by atoms with E-state index in [-0.39, 0.29) is 6.03 Å². The zero-order valence-electron chi connectivity index (χ0n) is 13.9. The summed E-state index contributed by atoms with van der Waals surface area (Å²) in [6.07, 6.45) is 0. The molecule has 3 aromatic rings. The van der Waals surface area contributed by atoms with Gasteiger partial charge in [-0.3, -0.25) is 0 Å². The highest BCUT2D eigenvalue weighted by Crippen LogP contribution is 2.34. The van der Waals surface area contributed by atoms with Crippen molar-refractivity contribution >= 4 is 11.7 Å². The van der Waals surface area contributed by atoms with E-state index in [1.807, 2.05) is 48.5 Å². The molecule has 3 heteroatoms. The minimum Gasteiger partial charge on any atom is -0.331 e. The largest absolute Gasteiger partial charge is 0.331 e. The summed E-state index contributed by atoms with van der Waals surface area (Å²) in [5, 5.41) is 2.92. The van der Waals surface area contributed by atoms with E-state index in [9.17, 15) is 4.79 Å². The van der Waals surface area contributed by atoms with Crippen LogP contribution in [-0.2, 0) is 0 Å². The molecule has 0 bridgehead atoms. The highest BCUT2D eigenvalue weighted by Gasteiger charge is 2.10. The summed E-state index contributed by atoms with van der Waals surface area (Å²) in [5.74, 6) is 0. The zero-order valence-corrected chi connectivity index (χ0v) is 13.9. The lowest BCUT2D eigenvalue weighted by Gasteiger charge is -2.15. The van der Waals surface area contributed by atoms with E-state index in [1.165, 1.54) is 4.90 Å². The van der Waals surface area contributed by atoms with Crippen molar-refractivity contribution in [1.82, 2.24) is 4.90 Å². The van der Waals surface area contributed by atoms with E-state index in [2.05, 4.69) is 35.6 Å². The Morgan fingerprint density at radius 3 is 1.83 bits per heavy atom. The van der Waals surface area contributed by atoms with Gasteiger partial charge >= 0.3 is 6.03 Å². The molecule has 1 N–H and O–H groups in total. The van der Waals surface area contributed by atoms with Gasteiger partial charge in [-0.25, -0.2) is 4.79 Å². The first-order valence-corrected chi connectivity index (χ1v) is 7.88. The summed E-state index contributed by atoms with van der Waals surface area (Å²) >= 11 is 0. The SMILES string of the molecule is CN(C)C(=O)Nc1ccc(-c2ccccc2)c(-c2ccccc2)c1. The van der Waals surface area contributed by atoms with Crippen molar-refractivity contribution in [2.75, 3.05) is 19.4 Å². The number of nitrogens with one attached hydrogen (secondary N) is 1. The lowest BCUT2D eigenvalue weighted by molar-refractivity contribution is 0.230. The highest BCUT2D eigenvalue weighted by atomic mass is 16.2. The molecule has 0 heterocycles. The highest BCUT2D eigenvalue weighted by molar-refractivity contribution is 5.92.